The first-order chi connectivity index (χ1) is 6.56. The summed E-state index contributed by atoms with van der Waals surface area (Å²) in [5.74, 6) is 0. The van der Waals surface area contributed by atoms with Gasteiger partial charge in [0, 0.05) is 10.5 Å². The standard InChI is InChI=1S/C8H6BrN3O2/c9-6-3-5(1-2-10)8(11)7(4-6)12(13)14/h3-4H,1,11H2. The van der Waals surface area contributed by atoms with Crippen LogP contribution in [0.15, 0.2) is 16.6 Å². The van der Waals surface area contributed by atoms with Gasteiger partial charge in [-0.1, -0.05) is 15.9 Å². The highest BCUT2D eigenvalue weighted by Gasteiger charge is 2.15. The Morgan fingerprint density at radius 2 is 2.29 bits per heavy atom. The highest BCUT2D eigenvalue weighted by Crippen LogP contribution is 2.29. The molecule has 0 atom stereocenters. The molecule has 0 fully saturated rings. The summed E-state index contributed by atoms with van der Waals surface area (Å²) in [6, 6.07) is 4.81. The van der Waals surface area contributed by atoms with Gasteiger partial charge in [-0.3, -0.25) is 10.1 Å². The van der Waals surface area contributed by atoms with E-state index in [9.17, 15) is 10.1 Å². The minimum absolute atomic E-state index is 0.0553. The number of nitrogens with two attached hydrogens (primary N) is 1. The van der Waals surface area contributed by atoms with Crippen molar-refractivity contribution in [3.05, 3.63) is 32.3 Å². The quantitative estimate of drug-likeness (QED) is 0.497. The molecule has 0 aliphatic carbocycles. The van der Waals surface area contributed by atoms with E-state index in [-0.39, 0.29) is 17.8 Å². The SMILES string of the molecule is N#CCc1cc(Br)cc([N+](=O)[O-])c1N. The largest absolute Gasteiger partial charge is 0.393 e. The number of hydrogen-bond donors (Lipinski definition) is 1. The Balaban J connectivity index is 3.33. The van der Waals surface area contributed by atoms with Crippen molar-refractivity contribution >= 4 is 27.3 Å². The molecular weight excluding hydrogens is 250 g/mol. The van der Waals surface area contributed by atoms with E-state index < -0.39 is 4.92 Å². The molecule has 0 aliphatic heterocycles. The first-order valence-electron chi connectivity index (χ1n) is 3.65. The van der Waals surface area contributed by atoms with Gasteiger partial charge in [0.05, 0.1) is 17.4 Å². The van der Waals surface area contributed by atoms with E-state index in [0.29, 0.717) is 10.0 Å². The predicted molar refractivity (Wildman–Crippen MR) is 54.5 cm³/mol. The minimum atomic E-state index is -0.568. The lowest BCUT2D eigenvalue weighted by Gasteiger charge is -2.03. The summed E-state index contributed by atoms with van der Waals surface area (Å²) in [4.78, 5) is 9.98. The zero-order chi connectivity index (χ0) is 10.7. The Bertz CT molecular complexity index is 425. The van der Waals surface area contributed by atoms with Crippen molar-refractivity contribution in [3.8, 4) is 6.07 Å². The molecule has 1 rings (SSSR count). The molecule has 2 N–H and O–H groups in total. The molecule has 0 aliphatic rings. The van der Waals surface area contributed by atoms with E-state index in [1.54, 1.807) is 6.07 Å². The van der Waals surface area contributed by atoms with Crippen LogP contribution in [0.3, 0.4) is 0 Å². The monoisotopic (exact) mass is 255 g/mol. The predicted octanol–water partition coefficient (Wildman–Crippen LogP) is 2.01. The van der Waals surface area contributed by atoms with Crippen molar-refractivity contribution in [2.75, 3.05) is 5.73 Å². The van der Waals surface area contributed by atoms with Gasteiger partial charge in [0.15, 0.2) is 0 Å². The lowest BCUT2D eigenvalue weighted by atomic mass is 10.1. The maximum absolute atomic E-state index is 10.6. The molecule has 0 heterocycles. The molecule has 1 aromatic rings. The topological polar surface area (TPSA) is 92.9 Å². The number of anilines is 1. The van der Waals surface area contributed by atoms with Gasteiger partial charge in [-0.2, -0.15) is 5.26 Å². The second-order valence-electron chi connectivity index (χ2n) is 2.59. The van der Waals surface area contributed by atoms with E-state index >= 15 is 0 Å². The Hall–Kier alpha value is -1.61. The lowest BCUT2D eigenvalue weighted by Crippen LogP contribution is -2.00. The number of benzene rings is 1. The van der Waals surface area contributed by atoms with Gasteiger partial charge < -0.3 is 5.73 Å². The summed E-state index contributed by atoms with van der Waals surface area (Å²) in [6.45, 7) is 0. The van der Waals surface area contributed by atoms with Crippen LogP contribution in [0.25, 0.3) is 0 Å². The van der Waals surface area contributed by atoms with Gasteiger partial charge in [0.25, 0.3) is 5.69 Å². The van der Waals surface area contributed by atoms with Gasteiger partial charge in [-0.15, -0.1) is 0 Å². The minimum Gasteiger partial charge on any atom is -0.393 e. The Kier molecular flexibility index (Phi) is 3.04. The van der Waals surface area contributed by atoms with E-state index in [2.05, 4.69) is 15.9 Å². The van der Waals surface area contributed by atoms with Gasteiger partial charge in [0.1, 0.15) is 5.69 Å². The summed E-state index contributed by atoms with van der Waals surface area (Å²) in [6.07, 6.45) is 0.0616. The number of hydrogen-bond acceptors (Lipinski definition) is 4. The zero-order valence-electron chi connectivity index (χ0n) is 7.03. The zero-order valence-corrected chi connectivity index (χ0v) is 8.61. The first-order valence-corrected chi connectivity index (χ1v) is 4.44. The fourth-order valence-electron chi connectivity index (χ4n) is 1.04. The van der Waals surface area contributed by atoms with Crippen LogP contribution in [-0.2, 0) is 6.42 Å². The van der Waals surface area contributed by atoms with Crippen LogP contribution in [0.2, 0.25) is 0 Å². The molecule has 0 spiro atoms. The maximum Gasteiger partial charge on any atom is 0.293 e. The highest BCUT2D eigenvalue weighted by atomic mass is 79.9. The van der Waals surface area contributed by atoms with Crippen molar-refractivity contribution in [1.82, 2.24) is 0 Å². The summed E-state index contributed by atoms with van der Waals surface area (Å²) < 4.78 is 0.545. The van der Waals surface area contributed by atoms with Crippen LogP contribution in [0.4, 0.5) is 11.4 Å². The highest BCUT2D eigenvalue weighted by molar-refractivity contribution is 9.10. The normalized spacial score (nSPS) is 9.43. The average Bonchev–Trinajstić information content (AvgIpc) is 2.10. The third-order valence-electron chi connectivity index (χ3n) is 1.67. The molecule has 0 amide bonds. The van der Waals surface area contributed by atoms with Crippen molar-refractivity contribution in [2.24, 2.45) is 0 Å². The van der Waals surface area contributed by atoms with Crippen LogP contribution in [0, 0.1) is 21.4 Å². The molecule has 0 unspecified atom stereocenters. The Morgan fingerprint density at radius 3 is 2.79 bits per heavy atom. The molecule has 0 saturated heterocycles. The molecule has 0 aromatic heterocycles. The van der Waals surface area contributed by atoms with Gasteiger partial charge >= 0.3 is 0 Å². The Morgan fingerprint density at radius 1 is 1.64 bits per heavy atom. The molecule has 14 heavy (non-hydrogen) atoms. The first kappa shape index (κ1) is 10.5. The van der Waals surface area contributed by atoms with Crippen molar-refractivity contribution in [2.45, 2.75) is 6.42 Å². The molecule has 72 valence electrons. The summed E-state index contributed by atoms with van der Waals surface area (Å²) in [7, 11) is 0. The van der Waals surface area contributed by atoms with E-state index in [1.165, 1.54) is 6.07 Å². The summed E-state index contributed by atoms with van der Waals surface area (Å²) in [5.41, 5.74) is 5.87. The smallest absolute Gasteiger partial charge is 0.293 e. The van der Waals surface area contributed by atoms with Crippen LogP contribution in [0.1, 0.15) is 5.56 Å². The summed E-state index contributed by atoms with van der Waals surface area (Å²) in [5, 5.41) is 19.0. The van der Waals surface area contributed by atoms with E-state index in [4.69, 9.17) is 11.0 Å². The number of nitriles is 1. The third kappa shape index (κ3) is 2.00. The van der Waals surface area contributed by atoms with E-state index in [0.717, 1.165) is 0 Å². The van der Waals surface area contributed by atoms with Gasteiger partial charge in [0.2, 0.25) is 0 Å². The van der Waals surface area contributed by atoms with Gasteiger partial charge in [-0.05, 0) is 11.6 Å². The number of halogens is 1. The third-order valence-corrected chi connectivity index (χ3v) is 2.13. The molecule has 6 heteroatoms. The second kappa shape index (κ2) is 4.07. The molecule has 0 bridgehead atoms. The van der Waals surface area contributed by atoms with Crippen molar-refractivity contribution < 1.29 is 4.92 Å². The van der Waals surface area contributed by atoms with Crippen LogP contribution >= 0.6 is 15.9 Å². The number of nitro benzene ring substituents is 1. The van der Waals surface area contributed by atoms with Crippen molar-refractivity contribution in [3.63, 3.8) is 0 Å². The summed E-state index contributed by atoms with van der Waals surface area (Å²) >= 11 is 3.12. The molecule has 1 aromatic carbocycles. The maximum atomic E-state index is 10.6. The Labute approximate surface area is 88.4 Å². The molecule has 5 nitrogen and oxygen atoms in total. The molecule has 0 saturated carbocycles. The fourth-order valence-corrected chi connectivity index (χ4v) is 1.53. The fraction of sp³-hybridized carbons (Fsp3) is 0.125. The number of nitro groups is 1. The van der Waals surface area contributed by atoms with E-state index in [1.807, 2.05) is 6.07 Å². The second-order valence-corrected chi connectivity index (χ2v) is 3.51. The lowest BCUT2D eigenvalue weighted by molar-refractivity contribution is -0.384. The number of rotatable bonds is 2. The van der Waals surface area contributed by atoms with Crippen LogP contribution in [0.5, 0.6) is 0 Å². The number of nitrogens with zero attached hydrogens (tertiary/aromatic N) is 2. The van der Waals surface area contributed by atoms with Crippen LogP contribution < -0.4 is 5.73 Å². The molecule has 0 radical (unpaired) electrons. The number of nitrogen functional groups attached to an aromatic ring is 1. The van der Waals surface area contributed by atoms with Crippen molar-refractivity contribution in [1.29, 1.82) is 5.26 Å². The van der Waals surface area contributed by atoms with Gasteiger partial charge in [-0.25, -0.2) is 0 Å². The average molecular weight is 256 g/mol. The van der Waals surface area contributed by atoms with Crippen LogP contribution in [-0.4, -0.2) is 4.92 Å². The molecular formula is C8H6BrN3O2.